The maximum absolute atomic E-state index is 6.37. The van der Waals surface area contributed by atoms with Crippen LogP contribution < -0.4 is 16.0 Å². The number of nitrogens with two attached hydrogens (primary N) is 1. The largest absolute Gasteiger partial charge is 0.393 e. The van der Waals surface area contributed by atoms with Gasteiger partial charge in [-0.25, -0.2) is 9.97 Å². The Balaban J connectivity index is 1.54. The number of rotatable bonds is 4. The van der Waals surface area contributed by atoms with Gasteiger partial charge in [0, 0.05) is 24.7 Å². The molecule has 2 heterocycles. The van der Waals surface area contributed by atoms with E-state index in [1.807, 2.05) is 24.3 Å². The van der Waals surface area contributed by atoms with Crippen molar-refractivity contribution in [1.29, 1.82) is 0 Å². The van der Waals surface area contributed by atoms with Crippen molar-refractivity contribution in [2.45, 2.75) is 19.5 Å². The highest BCUT2D eigenvalue weighted by atomic mass is 35.5. The Morgan fingerprint density at radius 2 is 1.81 bits per heavy atom. The van der Waals surface area contributed by atoms with Crippen LogP contribution >= 0.6 is 11.6 Å². The highest BCUT2D eigenvalue weighted by Crippen LogP contribution is 2.30. The van der Waals surface area contributed by atoms with E-state index >= 15 is 0 Å². The van der Waals surface area contributed by atoms with Crippen molar-refractivity contribution in [2.75, 3.05) is 22.5 Å². The molecule has 1 aliphatic rings. The number of anilines is 3. The number of aromatic nitrogens is 2. The number of benzene rings is 2. The van der Waals surface area contributed by atoms with Gasteiger partial charge in [0.25, 0.3) is 0 Å². The SMILES string of the molecule is Nc1c(NCc2ccccc2Cl)ncnc1N1CCc2ccccc2C1. The zero-order valence-corrected chi connectivity index (χ0v) is 15.1. The molecule has 0 atom stereocenters. The molecule has 0 fully saturated rings. The Morgan fingerprint density at radius 3 is 2.65 bits per heavy atom. The third kappa shape index (κ3) is 3.30. The van der Waals surface area contributed by atoms with E-state index in [0.29, 0.717) is 18.1 Å². The van der Waals surface area contributed by atoms with Gasteiger partial charge in [-0.3, -0.25) is 0 Å². The van der Waals surface area contributed by atoms with Gasteiger partial charge in [0.2, 0.25) is 0 Å². The minimum atomic E-state index is 0.559. The molecule has 3 N–H and O–H groups in total. The third-order valence-electron chi connectivity index (χ3n) is 4.70. The lowest BCUT2D eigenvalue weighted by Gasteiger charge is -2.30. The lowest BCUT2D eigenvalue weighted by Crippen LogP contribution is -2.31. The maximum Gasteiger partial charge on any atom is 0.157 e. The summed E-state index contributed by atoms with van der Waals surface area (Å²) in [5.41, 5.74) is 10.7. The van der Waals surface area contributed by atoms with E-state index < -0.39 is 0 Å². The molecule has 0 unspecified atom stereocenters. The molecule has 26 heavy (non-hydrogen) atoms. The molecule has 3 aromatic rings. The second-order valence-corrected chi connectivity index (χ2v) is 6.75. The van der Waals surface area contributed by atoms with Gasteiger partial charge in [-0.05, 0) is 29.2 Å². The Morgan fingerprint density at radius 1 is 1.04 bits per heavy atom. The Hall–Kier alpha value is -2.79. The molecule has 0 radical (unpaired) electrons. The van der Waals surface area contributed by atoms with Gasteiger partial charge in [-0.2, -0.15) is 0 Å². The Bertz CT molecular complexity index is 928. The Kier molecular flexibility index (Phi) is 4.63. The van der Waals surface area contributed by atoms with Crippen LogP contribution in [0.5, 0.6) is 0 Å². The van der Waals surface area contributed by atoms with Gasteiger partial charge in [0.05, 0.1) is 0 Å². The predicted molar refractivity (Wildman–Crippen MR) is 106 cm³/mol. The number of halogens is 1. The van der Waals surface area contributed by atoms with E-state index in [0.717, 1.165) is 35.9 Å². The zero-order valence-electron chi connectivity index (χ0n) is 14.3. The van der Waals surface area contributed by atoms with Crippen molar-refractivity contribution in [3.8, 4) is 0 Å². The number of nitrogens with zero attached hydrogens (tertiary/aromatic N) is 3. The van der Waals surface area contributed by atoms with Gasteiger partial charge in [-0.1, -0.05) is 54.1 Å². The molecule has 0 saturated heterocycles. The smallest absolute Gasteiger partial charge is 0.157 e. The third-order valence-corrected chi connectivity index (χ3v) is 5.07. The highest BCUT2D eigenvalue weighted by Gasteiger charge is 2.20. The van der Waals surface area contributed by atoms with E-state index in [-0.39, 0.29) is 0 Å². The summed E-state index contributed by atoms with van der Waals surface area (Å²) >= 11 is 6.22. The lowest BCUT2D eigenvalue weighted by molar-refractivity contribution is 0.720. The number of nitrogens with one attached hydrogen (secondary N) is 1. The molecule has 2 aromatic carbocycles. The molecule has 1 aromatic heterocycles. The normalized spacial score (nSPS) is 13.3. The van der Waals surface area contributed by atoms with Crippen LogP contribution in [0, 0.1) is 0 Å². The van der Waals surface area contributed by atoms with Crippen LogP contribution in [0.15, 0.2) is 54.9 Å². The predicted octanol–water partition coefficient (Wildman–Crippen LogP) is 3.89. The highest BCUT2D eigenvalue weighted by molar-refractivity contribution is 6.31. The van der Waals surface area contributed by atoms with Crippen LogP contribution in [0.2, 0.25) is 5.02 Å². The fraction of sp³-hybridized carbons (Fsp3) is 0.200. The van der Waals surface area contributed by atoms with Crippen molar-refractivity contribution in [1.82, 2.24) is 9.97 Å². The van der Waals surface area contributed by atoms with E-state index in [1.54, 1.807) is 6.33 Å². The first-order valence-electron chi connectivity index (χ1n) is 8.62. The molecule has 1 aliphatic heterocycles. The summed E-state index contributed by atoms with van der Waals surface area (Å²) < 4.78 is 0. The average molecular weight is 366 g/mol. The fourth-order valence-electron chi connectivity index (χ4n) is 3.28. The van der Waals surface area contributed by atoms with Crippen LogP contribution in [-0.2, 0) is 19.5 Å². The van der Waals surface area contributed by atoms with Gasteiger partial charge < -0.3 is 16.0 Å². The van der Waals surface area contributed by atoms with Crippen LogP contribution in [0.1, 0.15) is 16.7 Å². The average Bonchev–Trinajstić information content (AvgIpc) is 2.68. The summed E-state index contributed by atoms with van der Waals surface area (Å²) in [5.74, 6) is 1.41. The molecule has 0 aliphatic carbocycles. The van der Waals surface area contributed by atoms with Crippen LogP contribution in [0.25, 0.3) is 0 Å². The van der Waals surface area contributed by atoms with E-state index in [1.165, 1.54) is 11.1 Å². The molecular weight excluding hydrogens is 346 g/mol. The minimum Gasteiger partial charge on any atom is -0.393 e. The monoisotopic (exact) mass is 365 g/mol. The summed E-state index contributed by atoms with van der Waals surface area (Å²) in [4.78, 5) is 10.9. The van der Waals surface area contributed by atoms with Gasteiger partial charge >= 0.3 is 0 Å². The van der Waals surface area contributed by atoms with Crippen LogP contribution in [-0.4, -0.2) is 16.5 Å². The van der Waals surface area contributed by atoms with Crippen molar-refractivity contribution in [3.05, 3.63) is 76.6 Å². The summed E-state index contributed by atoms with van der Waals surface area (Å²) in [6.07, 6.45) is 2.54. The number of hydrogen-bond acceptors (Lipinski definition) is 5. The van der Waals surface area contributed by atoms with E-state index in [2.05, 4.69) is 44.5 Å². The van der Waals surface area contributed by atoms with Crippen molar-refractivity contribution in [3.63, 3.8) is 0 Å². The molecule has 0 amide bonds. The van der Waals surface area contributed by atoms with E-state index in [4.69, 9.17) is 17.3 Å². The fourth-order valence-corrected chi connectivity index (χ4v) is 3.48. The molecule has 0 saturated carbocycles. The number of nitrogen functional groups attached to an aromatic ring is 1. The molecule has 4 rings (SSSR count). The summed E-state index contributed by atoms with van der Waals surface area (Å²) in [6, 6.07) is 16.2. The molecular formula is C20H20ClN5. The van der Waals surface area contributed by atoms with Gasteiger partial charge in [-0.15, -0.1) is 0 Å². The molecule has 132 valence electrons. The second-order valence-electron chi connectivity index (χ2n) is 6.34. The Labute approximate surface area is 157 Å². The van der Waals surface area contributed by atoms with Gasteiger partial charge in [0.1, 0.15) is 12.0 Å². The topological polar surface area (TPSA) is 67.1 Å². The van der Waals surface area contributed by atoms with Crippen molar-refractivity contribution in [2.24, 2.45) is 0 Å². The van der Waals surface area contributed by atoms with E-state index in [9.17, 15) is 0 Å². The summed E-state index contributed by atoms with van der Waals surface area (Å²) in [6.45, 7) is 2.26. The summed E-state index contributed by atoms with van der Waals surface area (Å²) in [5, 5.41) is 4.00. The summed E-state index contributed by atoms with van der Waals surface area (Å²) in [7, 11) is 0. The molecule has 6 heteroatoms. The van der Waals surface area contributed by atoms with Crippen molar-refractivity contribution < 1.29 is 0 Å². The van der Waals surface area contributed by atoms with Crippen molar-refractivity contribution >= 4 is 28.9 Å². The molecule has 0 bridgehead atoms. The first kappa shape index (κ1) is 16.7. The standard InChI is InChI=1S/C20H20ClN5/c21-17-8-4-3-6-15(17)11-23-19-18(22)20(25-13-24-19)26-10-9-14-5-1-2-7-16(14)12-26/h1-8,13H,9-12,22H2,(H,23,24,25). The first-order valence-corrected chi connectivity index (χ1v) is 8.99. The second kappa shape index (κ2) is 7.22. The molecule has 0 spiro atoms. The zero-order chi connectivity index (χ0) is 17.9. The van der Waals surface area contributed by atoms with Crippen LogP contribution in [0.3, 0.4) is 0 Å². The molecule has 5 nitrogen and oxygen atoms in total. The number of hydrogen-bond donors (Lipinski definition) is 2. The first-order chi connectivity index (χ1) is 12.7. The lowest BCUT2D eigenvalue weighted by atomic mass is 10.00. The quantitative estimate of drug-likeness (QED) is 0.734. The van der Waals surface area contributed by atoms with Gasteiger partial charge in [0.15, 0.2) is 11.6 Å². The minimum absolute atomic E-state index is 0.559. The number of fused-ring (bicyclic) bond motifs is 1. The van der Waals surface area contributed by atoms with Crippen LogP contribution in [0.4, 0.5) is 17.3 Å². The maximum atomic E-state index is 6.37.